The first-order valence-electron chi connectivity index (χ1n) is 7.13. The fraction of sp³-hybridized carbons (Fsp3) is 0.571. The Morgan fingerprint density at radius 3 is 2.80 bits per heavy atom. The number of hydrogen-bond acceptors (Lipinski definition) is 5. The molecule has 0 bridgehead atoms. The second-order valence-electron chi connectivity index (χ2n) is 5.31. The number of unbranched alkanes of at least 4 members (excludes halogenated alkanes) is 1. The number of rotatable bonds is 8. The Labute approximate surface area is 119 Å². The summed E-state index contributed by atoms with van der Waals surface area (Å²) in [6, 6.07) is 5.81. The predicted octanol–water partition coefficient (Wildman–Crippen LogP) is 2.64. The van der Waals surface area contributed by atoms with Crippen molar-refractivity contribution in [2.24, 2.45) is 5.84 Å². The predicted molar refractivity (Wildman–Crippen MR) is 79.2 cm³/mol. The zero-order valence-corrected chi connectivity index (χ0v) is 11.8. The Hall–Kier alpha value is -1.66. The van der Waals surface area contributed by atoms with Gasteiger partial charge in [-0.3, -0.25) is 20.9 Å². The van der Waals surface area contributed by atoms with Gasteiger partial charge in [0, 0.05) is 18.7 Å². The summed E-state index contributed by atoms with van der Waals surface area (Å²) in [7, 11) is 0. The van der Waals surface area contributed by atoms with Gasteiger partial charge >= 0.3 is 0 Å². The van der Waals surface area contributed by atoms with Gasteiger partial charge in [0.2, 0.25) is 0 Å². The minimum atomic E-state index is -0.422. The molecule has 0 saturated heterocycles. The summed E-state index contributed by atoms with van der Waals surface area (Å²) in [5.74, 6) is 5.37. The molecule has 0 spiro atoms. The Balaban J connectivity index is 2.09. The van der Waals surface area contributed by atoms with E-state index in [-0.39, 0.29) is 5.69 Å². The maximum atomic E-state index is 10.9. The van der Waals surface area contributed by atoms with Crippen LogP contribution in [0.5, 0.6) is 0 Å². The van der Waals surface area contributed by atoms with Crippen molar-refractivity contribution in [2.75, 3.05) is 12.0 Å². The number of nitrogens with zero attached hydrogens (tertiary/aromatic N) is 2. The highest BCUT2D eigenvalue weighted by molar-refractivity contribution is 5.62. The summed E-state index contributed by atoms with van der Waals surface area (Å²) in [5.41, 5.74) is 3.87. The summed E-state index contributed by atoms with van der Waals surface area (Å²) in [4.78, 5) is 12.9. The van der Waals surface area contributed by atoms with Crippen LogP contribution in [-0.4, -0.2) is 22.4 Å². The second kappa shape index (κ2) is 6.67. The minimum Gasteiger partial charge on any atom is -0.318 e. The quantitative estimate of drug-likeness (QED) is 0.434. The van der Waals surface area contributed by atoms with E-state index in [2.05, 4.69) is 17.2 Å². The molecule has 0 unspecified atom stereocenters. The van der Waals surface area contributed by atoms with E-state index in [0.717, 1.165) is 18.7 Å². The lowest BCUT2D eigenvalue weighted by Gasteiger charge is -2.22. The van der Waals surface area contributed by atoms with Crippen LogP contribution in [0.4, 0.5) is 11.4 Å². The van der Waals surface area contributed by atoms with Crippen LogP contribution in [0.15, 0.2) is 18.2 Å². The van der Waals surface area contributed by atoms with E-state index in [4.69, 9.17) is 5.84 Å². The number of hydrogen-bond donors (Lipinski definition) is 2. The normalized spacial score (nSPS) is 14.6. The van der Waals surface area contributed by atoms with Gasteiger partial charge in [-0.15, -0.1) is 0 Å². The van der Waals surface area contributed by atoms with Crippen LogP contribution < -0.4 is 11.3 Å². The molecule has 1 fully saturated rings. The Morgan fingerprint density at radius 1 is 1.50 bits per heavy atom. The van der Waals surface area contributed by atoms with Gasteiger partial charge in [0.25, 0.3) is 5.69 Å². The van der Waals surface area contributed by atoms with Crippen LogP contribution in [0.25, 0.3) is 0 Å². The molecule has 1 aliphatic carbocycles. The van der Waals surface area contributed by atoms with E-state index in [1.54, 1.807) is 6.07 Å². The van der Waals surface area contributed by atoms with Crippen molar-refractivity contribution in [1.29, 1.82) is 0 Å². The molecule has 1 aromatic rings. The zero-order chi connectivity index (χ0) is 14.5. The number of hydrazine groups is 1. The first-order valence-corrected chi connectivity index (χ1v) is 7.13. The molecule has 1 aromatic carbocycles. The first kappa shape index (κ1) is 14.7. The number of nitrogens with two attached hydrogens (primary N) is 1. The lowest BCUT2D eigenvalue weighted by Crippen LogP contribution is -2.26. The molecule has 0 radical (unpaired) electrons. The molecule has 2 rings (SSSR count). The van der Waals surface area contributed by atoms with Gasteiger partial charge in [0.1, 0.15) is 5.69 Å². The van der Waals surface area contributed by atoms with Crippen molar-refractivity contribution in [2.45, 2.75) is 45.2 Å². The highest BCUT2D eigenvalue weighted by Gasteiger charge is 2.28. The van der Waals surface area contributed by atoms with E-state index >= 15 is 0 Å². The number of nitrogens with one attached hydrogen (secondary N) is 1. The number of benzene rings is 1. The molecular formula is C14H22N4O2. The lowest BCUT2D eigenvalue weighted by atomic mass is 10.1. The molecule has 3 N–H and O–H groups in total. The molecular weight excluding hydrogens is 256 g/mol. The minimum absolute atomic E-state index is 0.0165. The van der Waals surface area contributed by atoms with E-state index in [9.17, 15) is 10.1 Å². The molecule has 110 valence electrons. The average Bonchev–Trinajstić information content (AvgIpc) is 3.27. The summed E-state index contributed by atoms with van der Waals surface area (Å²) >= 11 is 0. The summed E-state index contributed by atoms with van der Waals surface area (Å²) in [6.45, 7) is 4.11. The van der Waals surface area contributed by atoms with Crippen molar-refractivity contribution in [3.63, 3.8) is 0 Å². The van der Waals surface area contributed by atoms with Gasteiger partial charge in [0.05, 0.1) is 4.92 Å². The summed E-state index contributed by atoms with van der Waals surface area (Å²) < 4.78 is 0. The van der Waals surface area contributed by atoms with E-state index in [0.29, 0.717) is 11.7 Å². The highest BCUT2D eigenvalue weighted by atomic mass is 16.6. The summed E-state index contributed by atoms with van der Waals surface area (Å²) in [5, 5.41) is 10.9. The van der Waals surface area contributed by atoms with Crippen molar-refractivity contribution < 1.29 is 4.92 Å². The van der Waals surface area contributed by atoms with E-state index in [1.165, 1.54) is 31.7 Å². The molecule has 0 heterocycles. The molecule has 0 aromatic heterocycles. The number of anilines is 1. The van der Waals surface area contributed by atoms with Crippen molar-refractivity contribution in [3.8, 4) is 0 Å². The Kier molecular flexibility index (Phi) is 4.92. The fourth-order valence-electron chi connectivity index (χ4n) is 2.38. The van der Waals surface area contributed by atoms with Crippen LogP contribution in [-0.2, 0) is 6.54 Å². The molecule has 1 saturated carbocycles. The molecule has 0 atom stereocenters. The molecule has 6 heteroatoms. The van der Waals surface area contributed by atoms with Crippen molar-refractivity contribution in [1.82, 2.24) is 4.90 Å². The SMILES string of the molecule is CCCCN(Cc1ccc([N+](=O)[O-])c(NN)c1)C1CC1. The standard InChI is InChI=1S/C14H22N4O2/c1-2-3-8-17(12-5-6-12)10-11-4-7-14(18(19)20)13(9-11)16-15/h4,7,9,12,16H,2-3,5-6,8,10,15H2,1H3. The maximum Gasteiger partial charge on any atom is 0.293 e. The van der Waals surface area contributed by atoms with Gasteiger partial charge in [-0.25, -0.2) is 0 Å². The second-order valence-corrected chi connectivity index (χ2v) is 5.31. The number of nitro groups is 1. The molecule has 0 aliphatic heterocycles. The summed E-state index contributed by atoms with van der Waals surface area (Å²) in [6.07, 6.45) is 4.89. The first-order chi connectivity index (χ1) is 9.65. The van der Waals surface area contributed by atoms with E-state index < -0.39 is 4.92 Å². The third-order valence-corrected chi connectivity index (χ3v) is 3.66. The molecule has 0 amide bonds. The zero-order valence-electron chi connectivity index (χ0n) is 11.8. The number of nitrogen functional groups attached to an aromatic ring is 1. The van der Waals surface area contributed by atoms with Crippen LogP contribution in [0.1, 0.15) is 38.2 Å². The van der Waals surface area contributed by atoms with Crippen LogP contribution in [0, 0.1) is 10.1 Å². The Morgan fingerprint density at radius 2 is 2.25 bits per heavy atom. The Bertz CT molecular complexity index is 474. The average molecular weight is 278 g/mol. The maximum absolute atomic E-state index is 10.9. The van der Waals surface area contributed by atoms with Gasteiger partial charge in [-0.2, -0.15) is 0 Å². The lowest BCUT2D eigenvalue weighted by molar-refractivity contribution is -0.384. The van der Waals surface area contributed by atoms with Crippen molar-refractivity contribution in [3.05, 3.63) is 33.9 Å². The molecule has 1 aliphatic rings. The monoisotopic (exact) mass is 278 g/mol. The topological polar surface area (TPSA) is 84.4 Å². The number of nitro benzene ring substituents is 1. The van der Waals surface area contributed by atoms with Crippen LogP contribution >= 0.6 is 0 Å². The third kappa shape index (κ3) is 3.68. The largest absolute Gasteiger partial charge is 0.318 e. The third-order valence-electron chi connectivity index (χ3n) is 3.66. The van der Waals surface area contributed by atoms with Gasteiger partial charge in [-0.1, -0.05) is 19.4 Å². The smallest absolute Gasteiger partial charge is 0.293 e. The van der Waals surface area contributed by atoms with E-state index in [1.807, 2.05) is 6.07 Å². The van der Waals surface area contributed by atoms with Gasteiger partial charge < -0.3 is 5.43 Å². The van der Waals surface area contributed by atoms with Gasteiger partial charge in [0.15, 0.2) is 0 Å². The fourth-order valence-corrected chi connectivity index (χ4v) is 2.38. The van der Waals surface area contributed by atoms with Crippen molar-refractivity contribution >= 4 is 11.4 Å². The van der Waals surface area contributed by atoms with Gasteiger partial charge in [-0.05, 0) is 37.4 Å². The molecule has 20 heavy (non-hydrogen) atoms. The van der Waals surface area contributed by atoms with Crippen LogP contribution in [0.2, 0.25) is 0 Å². The van der Waals surface area contributed by atoms with Crippen LogP contribution in [0.3, 0.4) is 0 Å². The molecule has 6 nitrogen and oxygen atoms in total. The highest BCUT2D eigenvalue weighted by Crippen LogP contribution is 2.30.